The van der Waals surface area contributed by atoms with Gasteiger partial charge in [0.05, 0.1) is 29.2 Å². The van der Waals surface area contributed by atoms with Crippen LogP contribution in [0, 0.1) is 0 Å². The standard InChI is InChI=1S/C22H28N2O4S/c1-6-17-20(25)24-19(16-9-7-15(8-10-16)13(2)3)18(14(4)23-22(24)29-17)21(26)28-12-11-27-5/h7-10,13,17,19H,6,11-12H2,1-5H3. The summed E-state index contributed by atoms with van der Waals surface area (Å²) in [5.41, 5.74) is 3.09. The van der Waals surface area contributed by atoms with Crippen molar-refractivity contribution in [2.75, 3.05) is 20.3 Å². The maximum Gasteiger partial charge on any atom is 0.338 e. The number of esters is 1. The zero-order valence-corrected chi connectivity index (χ0v) is 18.4. The first-order valence-electron chi connectivity index (χ1n) is 9.94. The molecule has 6 nitrogen and oxygen atoms in total. The van der Waals surface area contributed by atoms with Gasteiger partial charge in [0.15, 0.2) is 5.17 Å². The van der Waals surface area contributed by atoms with E-state index in [4.69, 9.17) is 9.47 Å². The number of thioether (sulfide) groups is 1. The molecule has 2 heterocycles. The maximum absolute atomic E-state index is 13.1. The average Bonchev–Trinajstić information content (AvgIpc) is 3.02. The zero-order valence-electron chi connectivity index (χ0n) is 17.6. The summed E-state index contributed by atoms with van der Waals surface area (Å²) >= 11 is 1.47. The SMILES string of the molecule is CCC1SC2=NC(C)=C(C(=O)OCCOC)C(c3ccc(C(C)C)cc3)N2C1=O. The summed E-state index contributed by atoms with van der Waals surface area (Å²) in [5, 5.41) is 0.480. The first-order chi connectivity index (χ1) is 13.9. The van der Waals surface area contributed by atoms with E-state index in [0.717, 1.165) is 5.56 Å². The molecule has 2 aliphatic rings. The second-order valence-electron chi connectivity index (χ2n) is 7.47. The molecule has 1 amide bonds. The Labute approximate surface area is 176 Å². The molecule has 0 N–H and O–H groups in total. The fourth-order valence-electron chi connectivity index (χ4n) is 3.52. The van der Waals surface area contributed by atoms with E-state index in [9.17, 15) is 9.59 Å². The van der Waals surface area contributed by atoms with Crippen LogP contribution < -0.4 is 0 Å². The number of carbonyl (C=O) groups is 2. The average molecular weight is 417 g/mol. The first-order valence-corrected chi connectivity index (χ1v) is 10.8. The monoisotopic (exact) mass is 416 g/mol. The Morgan fingerprint density at radius 2 is 1.93 bits per heavy atom. The molecule has 0 aliphatic carbocycles. The van der Waals surface area contributed by atoms with Crippen molar-refractivity contribution in [1.29, 1.82) is 0 Å². The summed E-state index contributed by atoms with van der Waals surface area (Å²) in [7, 11) is 1.56. The Bertz CT molecular complexity index is 845. The smallest absolute Gasteiger partial charge is 0.338 e. The second-order valence-corrected chi connectivity index (χ2v) is 8.64. The molecule has 156 valence electrons. The van der Waals surface area contributed by atoms with Gasteiger partial charge in [-0.2, -0.15) is 0 Å². The minimum absolute atomic E-state index is 0.0103. The lowest BCUT2D eigenvalue weighted by Crippen LogP contribution is -2.41. The Kier molecular flexibility index (Phi) is 6.80. The number of aliphatic imine (C=N–C) groups is 1. The van der Waals surface area contributed by atoms with E-state index in [0.29, 0.717) is 35.4 Å². The molecule has 0 bridgehead atoms. The van der Waals surface area contributed by atoms with Crippen molar-refractivity contribution in [3.8, 4) is 0 Å². The second kappa shape index (κ2) is 9.13. The molecule has 1 aromatic carbocycles. The Morgan fingerprint density at radius 1 is 1.24 bits per heavy atom. The predicted molar refractivity (Wildman–Crippen MR) is 115 cm³/mol. The number of fused-ring (bicyclic) bond motifs is 1. The van der Waals surface area contributed by atoms with Crippen LogP contribution in [0.15, 0.2) is 40.5 Å². The van der Waals surface area contributed by atoms with E-state index < -0.39 is 12.0 Å². The normalized spacial score (nSPS) is 21.5. The third kappa shape index (κ3) is 4.26. The van der Waals surface area contributed by atoms with Crippen LogP contribution in [-0.4, -0.2) is 47.5 Å². The molecule has 1 saturated heterocycles. The number of amides is 1. The van der Waals surface area contributed by atoms with Gasteiger partial charge in [-0.05, 0) is 30.4 Å². The lowest BCUT2D eigenvalue weighted by atomic mass is 9.92. The Morgan fingerprint density at radius 3 is 2.52 bits per heavy atom. The third-order valence-electron chi connectivity index (χ3n) is 5.18. The summed E-state index contributed by atoms with van der Waals surface area (Å²) in [6.07, 6.45) is 0.713. The molecular weight excluding hydrogens is 388 g/mol. The van der Waals surface area contributed by atoms with E-state index in [1.165, 1.54) is 17.3 Å². The van der Waals surface area contributed by atoms with Crippen molar-refractivity contribution < 1.29 is 19.1 Å². The highest BCUT2D eigenvalue weighted by atomic mass is 32.2. The fourth-order valence-corrected chi connectivity index (χ4v) is 4.66. The van der Waals surface area contributed by atoms with E-state index >= 15 is 0 Å². The lowest BCUT2D eigenvalue weighted by molar-refractivity contribution is -0.141. The molecule has 0 saturated carbocycles. The molecule has 2 atom stereocenters. The van der Waals surface area contributed by atoms with Gasteiger partial charge in [-0.3, -0.25) is 9.69 Å². The number of benzene rings is 1. The number of rotatable bonds is 7. The van der Waals surface area contributed by atoms with Crippen LogP contribution in [-0.2, 0) is 19.1 Å². The van der Waals surface area contributed by atoms with Crippen LogP contribution in [0.2, 0.25) is 0 Å². The molecule has 7 heteroatoms. The molecule has 2 aliphatic heterocycles. The molecule has 2 unspecified atom stereocenters. The van der Waals surface area contributed by atoms with Crippen molar-refractivity contribution in [3.05, 3.63) is 46.7 Å². The molecular formula is C22H28N2O4S. The van der Waals surface area contributed by atoms with Crippen molar-refractivity contribution in [2.24, 2.45) is 4.99 Å². The molecule has 3 rings (SSSR count). The number of carbonyl (C=O) groups excluding carboxylic acids is 2. The fraction of sp³-hybridized carbons (Fsp3) is 0.500. The number of amidine groups is 1. The van der Waals surface area contributed by atoms with Gasteiger partial charge in [-0.25, -0.2) is 9.79 Å². The number of nitrogens with zero attached hydrogens (tertiary/aromatic N) is 2. The molecule has 29 heavy (non-hydrogen) atoms. The molecule has 0 aromatic heterocycles. The quantitative estimate of drug-likeness (QED) is 0.496. The summed E-state index contributed by atoms with van der Waals surface area (Å²) in [5.74, 6) is -0.0707. The number of allylic oxidation sites excluding steroid dienone is 1. The Hall–Kier alpha value is -2.12. The number of hydrogen-bond acceptors (Lipinski definition) is 6. The van der Waals surface area contributed by atoms with Gasteiger partial charge in [0, 0.05) is 7.11 Å². The molecule has 0 spiro atoms. The van der Waals surface area contributed by atoms with Crippen LogP contribution in [0.1, 0.15) is 57.2 Å². The van der Waals surface area contributed by atoms with E-state index in [2.05, 4.69) is 31.0 Å². The van der Waals surface area contributed by atoms with Crippen LogP contribution in [0.3, 0.4) is 0 Å². The number of methoxy groups -OCH3 is 1. The van der Waals surface area contributed by atoms with Crippen LogP contribution >= 0.6 is 11.8 Å². The van der Waals surface area contributed by atoms with Gasteiger partial charge in [-0.1, -0.05) is 56.8 Å². The van der Waals surface area contributed by atoms with Gasteiger partial charge < -0.3 is 9.47 Å². The summed E-state index contributed by atoms with van der Waals surface area (Å²) in [4.78, 5) is 32.3. The zero-order chi connectivity index (χ0) is 21.1. The highest BCUT2D eigenvalue weighted by Gasteiger charge is 2.47. The van der Waals surface area contributed by atoms with E-state index in [1.807, 2.05) is 19.1 Å². The highest BCUT2D eigenvalue weighted by Crippen LogP contribution is 2.44. The largest absolute Gasteiger partial charge is 0.460 e. The van der Waals surface area contributed by atoms with Gasteiger partial charge in [-0.15, -0.1) is 0 Å². The summed E-state index contributed by atoms with van der Waals surface area (Å²) in [6.45, 7) is 8.53. The Balaban J connectivity index is 2.03. The van der Waals surface area contributed by atoms with Crippen molar-refractivity contribution in [1.82, 2.24) is 4.90 Å². The van der Waals surface area contributed by atoms with Crippen LogP contribution in [0.5, 0.6) is 0 Å². The molecule has 1 fully saturated rings. The first kappa shape index (κ1) is 21.6. The van der Waals surface area contributed by atoms with Gasteiger partial charge >= 0.3 is 5.97 Å². The summed E-state index contributed by atoms with van der Waals surface area (Å²) in [6, 6.07) is 7.57. The molecule has 1 aromatic rings. The van der Waals surface area contributed by atoms with Gasteiger partial charge in [0.25, 0.3) is 0 Å². The topological polar surface area (TPSA) is 68.2 Å². The lowest BCUT2D eigenvalue weighted by Gasteiger charge is -2.33. The van der Waals surface area contributed by atoms with Gasteiger partial charge in [0.2, 0.25) is 5.91 Å². The minimum atomic E-state index is -0.532. The maximum atomic E-state index is 13.1. The van der Waals surface area contributed by atoms with E-state index in [1.54, 1.807) is 18.9 Å². The van der Waals surface area contributed by atoms with E-state index in [-0.39, 0.29) is 17.8 Å². The van der Waals surface area contributed by atoms with Crippen molar-refractivity contribution in [3.63, 3.8) is 0 Å². The minimum Gasteiger partial charge on any atom is -0.460 e. The summed E-state index contributed by atoms with van der Waals surface area (Å²) < 4.78 is 10.4. The highest BCUT2D eigenvalue weighted by molar-refractivity contribution is 8.15. The number of hydrogen-bond donors (Lipinski definition) is 0. The van der Waals surface area contributed by atoms with Crippen molar-refractivity contribution in [2.45, 2.75) is 51.3 Å². The third-order valence-corrected chi connectivity index (χ3v) is 6.50. The van der Waals surface area contributed by atoms with Crippen LogP contribution in [0.4, 0.5) is 0 Å². The molecule has 0 radical (unpaired) electrons. The predicted octanol–water partition coefficient (Wildman–Crippen LogP) is 4.04. The van der Waals surface area contributed by atoms with Crippen LogP contribution in [0.25, 0.3) is 0 Å². The van der Waals surface area contributed by atoms with Gasteiger partial charge in [0.1, 0.15) is 6.61 Å². The number of ether oxygens (including phenoxy) is 2. The van der Waals surface area contributed by atoms with Crippen molar-refractivity contribution >= 4 is 28.8 Å².